The molecule has 0 aliphatic heterocycles. The van der Waals surface area contributed by atoms with Crippen molar-refractivity contribution in [2.24, 2.45) is 5.73 Å². The number of methoxy groups -OCH3 is 1. The Labute approximate surface area is 151 Å². The van der Waals surface area contributed by atoms with Crippen LogP contribution in [-0.2, 0) is 16.1 Å². The quantitative estimate of drug-likeness (QED) is 0.630. The Kier molecular flexibility index (Phi) is 10.7. The molecule has 0 spiro atoms. The van der Waals surface area contributed by atoms with Crippen molar-refractivity contribution < 1.29 is 14.3 Å². The van der Waals surface area contributed by atoms with Crippen LogP contribution in [0.2, 0.25) is 0 Å². The lowest BCUT2D eigenvalue weighted by atomic mass is 9.96. The minimum atomic E-state index is -0.834. The van der Waals surface area contributed by atoms with Crippen molar-refractivity contribution >= 4 is 18.3 Å². The maximum absolute atomic E-state index is 12.2. The zero-order valence-electron chi connectivity index (χ0n) is 15.2. The summed E-state index contributed by atoms with van der Waals surface area (Å²) in [5, 5.41) is 2.92. The number of hydrogen-bond donors (Lipinski definition) is 2. The van der Waals surface area contributed by atoms with E-state index in [4.69, 9.17) is 15.2 Å². The molecule has 0 radical (unpaired) electrons. The minimum Gasteiger partial charge on any atom is -0.493 e. The fraction of sp³-hybridized carbons (Fsp3) is 0.611. The van der Waals surface area contributed by atoms with E-state index in [0.29, 0.717) is 26.2 Å². The molecule has 0 heterocycles. The number of halogens is 1. The number of aryl methyl sites for hydroxylation is 1. The lowest BCUT2D eigenvalue weighted by Gasteiger charge is -2.23. The van der Waals surface area contributed by atoms with E-state index in [9.17, 15) is 4.79 Å². The first-order chi connectivity index (χ1) is 10.9. The van der Waals surface area contributed by atoms with Gasteiger partial charge in [-0.3, -0.25) is 4.79 Å². The number of carbonyl (C=O) groups excluding carboxylic acids is 1. The van der Waals surface area contributed by atoms with Gasteiger partial charge in [-0.05, 0) is 31.9 Å². The maximum Gasteiger partial charge on any atom is 0.240 e. The Balaban J connectivity index is 0.00000529. The van der Waals surface area contributed by atoms with Crippen LogP contribution >= 0.6 is 12.4 Å². The number of nitrogens with two attached hydrogens (primary N) is 1. The molecule has 1 aromatic rings. The molecule has 138 valence electrons. The van der Waals surface area contributed by atoms with Gasteiger partial charge in [0, 0.05) is 32.2 Å². The Bertz CT molecular complexity index is 507. The van der Waals surface area contributed by atoms with Gasteiger partial charge in [0.05, 0.1) is 12.1 Å². The smallest absolute Gasteiger partial charge is 0.240 e. The number of amides is 1. The Morgan fingerprint density at radius 3 is 2.67 bits per heavy atom. The molecular formula is C18H31ClN2O3. The fourth-order valence-corrected chi connectivity index (χ4v) is 2.34. The molecule has 0 fully saturated rings. The van der Waals surface area contributed by atoms with Crippen LogP contribution in [0.25, 0.3) is 0 Å². The van der Waals surface area contributed by atoms with Gasteiger partial charge < -0.3 is 20.5 Å². The van der Waals surface area contributed by atoms with E-state index in [1.54, 1.807) is 14.0 Å². The molecule has 1 unspecified atom stereocenters. The average molecular weight is 359 g/mol. The van der Waals surface area contributed by atoms with Gasteiger partial charge in [-0.2, -0.15) is 0 Å². The van der Waals surface area contributed by atoms with Crippen LogP contribution < -0.4 is 15.8 Å². The molecule has 1 amide bonds. The molecule has 0 aliphatic rings. The summed E-state index contributed by atoms with van der Waals surface area (Å²) in [5.41, 5.74) is 7.29. The summed E-state index contributed by atoms with van der Waals surface area (Å²) in [4.78, 5) is 12.2. The van der Waals surface area contributed by atoms with E-state index in [-0.39, 0.29) is 18.3 Å². The van der Waals surface area contributed by atoms with Crippen molar-refractivity contribution in [2.75, 3.05) is 20.3 Å². The summed E-state index contributed by atoms with van der Waals surface area (Å²) in [7, 11) is 1.67. The van der Waals surface area contributed by atoms with Crippen LogP contribution in [0.5, 0.6) is 5.75 Å². The first-order valence-electron chi connectivity index (χ1n) is 8.19. The van der Waals surface area contributed by atoms with E-state index < -0.39 is 5.54 Å². The highest BCUT2D eigenvalue weighted by atomic mass is 35.5. The number of ether oxygens (including phenoxy) is 2. The van der Waals surface area contributed by atoms with Crippen LogP contribution in [0.4, 0.5) is 0 Å². The van der Waals surface area contributed by atoms with Crippen LogP contribution in [0.1, 0.15) is 44.2 Å². The highest BCUT2D eigenvalue weighted by molar-refractivity contribution is 5.85. The predicted octanol–water partition coefficient (Wildman–Crippen LogP) is 2.97. The third kappa shape index (κ3) is 7.51. The van der Waals surface area contributed by atoms with Crippen LogP contribution in [-0.4, -0.2) is 31.8 Å². The van der Waals surface area contributed by atoms with E-state index in [2.05, 4.69) is 5.32 Å². The lowest BCUT2D eigenvalue weighted by molar-refractivity contribution is -0.126. The molecule has 0 saturated carbocycles. The average Bonchev–Trinajstić information content (AvgIpc) is 2.50. The molecular weight excluding hydrogens is 328 g/mol. The molecule has 3 N–H and O–H groups in total. The fourth-order valence-electron chi connectivity index (χ4n) is 2.34. The SMILES string of the molecule is CCCC(C)(N)C(=O)NCc1ccc(C)cc1OCCCOC.Cl. The topological polar surface area (TPSA) is 73.6 Å². The predicted molar refractivity (Wildman–Crippen MR) is 99.8 cm³/mol. The number of carbonyl (C=O) groups is 1. The third-order valence-electron chi connectivity index (χ3n) is 3.70. The first kappa shape index (κ1) is 22.7. The molecule has 6 heteroatoms. The van der Waals surface area contributed by atoms with Crippen LogP contribution in [0.15, 0.2) is 18.2 Å². The minimum absolute atomic E-state index is 0. The lowest BCUT2D eigenvalue weighted by Crippen LogP contribution is -2.51. The Morgan fingerprint density at radius 2 is 2.04 bits per heavy atom. The molecule has 24 heavy (non-hydrogen) atoms. The molecule has 1 aromatic carbocycles. The van der Waals surface area contributed by atoms with Gasteiger partial charge in [0.15, 0.2) is 0 Å². The summed E-state index contributed by atoms with van der Waals surface area (Å²) in [6.45, 7) is 7.47. The van der Waals surface area contributed by atoms with Crippen molar-refractivity contribution in [1.29, 1.82) is 0 Å². The zero-order valence-corrected chi connectivity index (χ0v) is 16.0. The van der Waals surface area contributed by atoms with Crippen molar-refractivity contribution in [3.05, 3.63) is 29.3 Å². The van der Waals surface area contributed by atoms with E-state index in [0.717, 1.165) is 29.7 Å². The van der Waals surface area contributed by atoms with E-state index in [1.165, 1.54) is 0 Å². The molecule has 1 atom stereocenters. The third-order valence-corrected chi connectivity index (χ3v) is 3.70. The van der Waals surface area contributed by atoms with Gasteiger partial charge in [0.25, 0.3) is 0 Å². The highest BCUT2D eigenvalue weighted by Gasteiger charge is 2.26. The van der Waals surface area contributed by atoms with Gasteiger partial charge in [0.1, 0.15) is 5.75 Å². The number of rotatable bonds is 10. The van der Waals surface area contributed by atoms with Crippen molar-refractivity contribution in [1.82, 2.24) is 5.32 Å². The van der Waals surface area contributed by atoms with Crippen LogP contribution in [0, 0.1) is 6.92 Å². The zero-order chi connectivity index (χ0) is 17.3. The second-order valence-electron chi connectivity index (χ2n) is 6.16. The number of nitrogens with one attached hydrogen (secondary N) is 1. The summed E-state index contributed by atoms with van der Waals surface area (Å²) in [6, 6.07) is 5.98. The maximum atomic E-state index is 12.2. The molecule has 0 aromatic heterocycles. The van der Waals surface area contributed by atoms with Gasteiger partial charge in [0.2, 0.25) is 5.91 Å². The molecule has 1 rings (SSSR count). The normalized spacial score (nSPS) is 12.9. The Morgan fingerprint density at radius 1 is 1.33 bits per heavy atom. The van der Waals surface area contributed by atoms with Crippen molar-refractivity contribution in [3.63, 3.8) is 0 Å². The van der Waals surface area contributed by atoms with E-state index >= 15 is 0 Å². The molecule has 5 nitrogen and oxygen atoms in total. The number of benzene rings is 1. The van der Waals surface area contributed by atoms with Gasteiger partial charge in [-0.25, -0.2) is 0 Å². The highest BCUT2D eigenvalue weighted by Crippen LogP contribution is 2.21. The molecule has 0 bridgehead atoms. The second-order valence-corrected chi connectivity index (χ2v) is 6.16. The van der Waals surface area contributed by atoms with E-state index in [1.807, 2.05) is 32.0 Å². The van der Waals surface area contributed by atoms with Crippen molar-refractivity contribution in [2.45, 2.75) is 52.1 Å². The molecule has 0 saturated heterocycles. The van der Waals surface area contributed by atoms with Gasteiger partial charge in [-0.1, -0.05) is 25.5 Å². The van der Waals surface area contributed by atoms with Gasteiger partial charge in [-0.15, -0.1) is 12.4 Å². The largest absolute Gasteiger partial charge is 0.493 e. The summed E-state index contributed by atoms with van der Waals surface area (Å²) >= 11 is 0. The standard InChI is InChI=1S/C18H30N2O3.ClH/c1-5-9-18(3,19)17(21)20-13-15-8-7-14(2)12-16(15)23-11-6-10-22-4;/h7-8,12H,5-6,9-11,13,19H2,1-4H3,(H,20,21);1H. The number of hydrogen-bond acceptors (Lipinski definition) is 4. The van der Waals surface area contributed by atoms with Gasteiger partial charge >= 0.3 is 0 Å². The summed E-state index contributed by atoms with van der Waals surface area (Å²) in [6.07, 6.45) is 2.36. The summed E-state index contributed by atoms with van der Waals surface area (Å²) < 4.78 is 10.8. The van der Waals surface area contributed by atoms with Crippen molar-refractivity contribution in [3.8, 4) is 5.75 Å². The summed E-state index contributed by atoms with van der Waals surface area (Å²) in [5.74, 6) is 0.667. The Hall–Kier alpha value is -1.30. The monoisotopic (exact) mass is 358 g/mol. The first-order valence-corrected chi connectivity index (χ1v) is 8.19. The second kappa shape index (κ2) is 11.3. The van der Waals surface area contributed by atoms with Crippen LogP contribution in [0.3, 0.4) is 0 Å². The molecule has 0 aliphatic carbocycles.